The standard InChI is InChI=1S/C13H20FN3.HI/c1-10-6-7-11(8-12(10)14)9-15-13(16(2)3)17(4)5;/h6-8H,9H2,1-5H3;1H. The lowest BCUT2D eigenvalue weighted by Crippen LogP contribution is -2.35. The fraction of sp³-hybridized carbons (Fsp3) is 0.462. The number of guanidine groups is 1. The molecule has 102 valence electrons. The van der Waals surface area contributed by atoms with Gasteiger partial charge in [0.25, 0.3) is 0 Å². The minimum Gasteiger partial charge on any atom is -0.349 e. The van der Waals surface area contributed by atoms with E-state index in [0.717, 1.165) is 11.5 Å². The summed E-state index contributed by atoms with van der Waals surface area (Å²) in [5.41, 5.74) is 1.55. The van der Waals surface area contributed by atoms with E-state index in [1.165, 1.54) is 0 Å². The average molecular weight is 365 g/mol. The summed E-state index contributed by atoms with van der Waals surface area (Å²) in [5.74, 6) is 0.694. The van der Waals surface area contributed by atoms with E-state index >= 15 is 0 Å². The Morgan fingerprint density at radius 3 is 2.17 bits per heavy atom. The molecule has 0 heterocycles. The molecular formula is C13H21FIN3. The molecule has 0 unspecified atom stereocenters. The summed E-state index contributed by atoms with van der Waals surface area (Å²) in [7, 11) is 7.76. The molecule has 0 radical (unpaired) electrons. The van der Waals surface area contributed by atoms with Crippen molar-refractivity contribution in [2.24, 2.45) is 4.99 Å². The SMILES string of the molecule is Cc1ccc(CN=C(N(C)C)N(C)C)cc1F.I. The first-order chi connectivity index (χ1) is 7.91. The smallest absolute Gasteiger partial charge is 0.195 e. The number of hydrogen-bond donors (Lipinski definition) is 0. The molecule has 1 rings (SSSR count). The van der Waals surface area contributed by atoms with E-state index < -0.39 is 0 Å². The van der Waals surface area contributed by atoms with Crippen LogP contribution in [0.15, 0.2) is 23.2 Å². The lowest BCUT2D eigenvalue weighted by molar-refractivity contribution is 0.479. The Balaban J connectivity index is 0.00000289. The number of hydrogen-bond acceptors (Lipinski definition) is 1. The molecule has 0 atom stereocenters. The Morgan fingerprint density at radius 1 is 1.17 bits per heavy atom. The largest absolute Gasteiger partial charge is 0.349 e. The maximum Gasteiger partial charge on any atom is 0.195 e. The zero-order chi connectivity index (χ0) is 13.0. The van der Waals surface area contributed by atoms with Gasteiger partial charge in [0.05, 0.1) is 6.54 Å². The van der Waals surface area contributed by atoms with Crippen LogP contribution in [0.1, 0.15) is 11.1 Å². The first-order valence-electron chi connectivity index (χ1n) is 5.56. The predicted molar refractivity (Wildman–Crippen MR) is 85.1 cm³/mol. The van der Waals surface area contributed by atoms with Gasteiger partial charge in [-0.1, -0.05) is 12.1 Å². The fourth-order valence-corrected chi connectivity index (χ4v) is 1.58. The Morgan fingerprint density at radius 2 is 1.72 bits per heavy atom. The van der Waals surface area contributed by atoms with E-state index in [1.807, 2.05) is 44.1 Å². The third kappa shape index (κ3) is 4.80. The maximum atomic E-state index is 13.4. The molecule has 5 heteroatoms. The topological polar surface area (TPSA) is 18.8 Å². The van der Waals surface area contributed by atoms with Crippen molar-refractivity contribution in [3.8, 4) is 0 Å². The lowest BCUT2D eigenvalue weighted by atomic mass is 10.1. The van der Waals surface area contributed by atoms with Crippen LogP contribution in [0.5, 0.6) is 0 Å². The second kappa shape index (κ2) is 7.56. The van der Waals surface area contributed by atoms with E-state index in [0.29, 0.717) is 12.1 Å². The second-order valence-electron chi connectivity index (χ2n) is 4.49. The molecule has 1 aromatic carbocycles. The van der Waals surface area contributed by atoms with Crippen LogP contribution in [0.25, 0.3) is 0 Å². The minimum atomic E-state index is -0.172. The maximum absolute atomic E-state index is 13.4. The summed E-state index contributed by atoms with van der Waals surface area (Å²) in [6.07, 6.45) is 0. The van der Waals surface area contributed by atoms with Crippen LogP contribution < -0.4 is 0 Å². The summed E-state index contributed by atoms with van der Waals surface area (Å²) in [5, 5.41) is 0. The predicted octanol–water partition coefficient (Wildman–Crippen LogP) is 2.73. The molecule has 0 amide bonds. The molecule has 0 spiro atoms. The lowest BCUT2D eigenvalue weighted by Gasteiger charge is -2.22. The van der Waals surface area contributed by atoms with Gasteiger partial charge in [-0.05, 0) is 24.1 Å². The number of aryl methyl sites for hydroxylation is 1. The van der Waals surface area contributed by atoms with Crippen molar-refractivity contribution < 1.29 is 4.39 Å². The molecule has 0 fully saturated rings. The molecular weight excluding hydrogens is 344 g/mol. The molecule has 1 aromatic rings. The quantitative estimate of drug-likeness (QED) is 0.456. The van der Waals surface area contributed by atoms with Gasteiger partial charge >= 0.3 is 0 Å². The first kappa shape index (κ1) is 17.2. The number of aliphatic imine (C=N–C) groups is 1. The average Bonchev–Trinajstić information content (AvgIpc) is 2.22. The van der Waals surface area contributed by atoms with E-state index in [1.54, 1.807) is 19.1 Å². The highest BCUT2D eigenvalue weighted by Gasteiger charge is 2.04. The van der Waals surface area contributed by atoms with E-state index in [4.69, 9.17) is 0 Å². The summed E-state index contributed by atoms with van der Waals surface area (Å²) < 4.78 is 13.4. The van der Waals surface area contributed by atoms with E-state index in [9.17, 15) is 4.39 Å². The molecule has 18 heavy (non-hydrogen) atoms. The Hall–Kier alpha value is -0.850. The summed E-state index contributed by atoms with van der Waals surface area (Å²) in [6.45, 7) is 2.25. The highest BCUT2D eigenvalue weighted by Crippen LogP contribution is 2.10. The summed E-state index contributed by atoms with van der Waals surface area (Å²) in [4.78, 5) is 8.34. The van der Waals surface area contributed by atoms with Crippen molar-refractivity contribution in [1.29, 1.82) is 0 Å². The van der Waals surface area contributed by atoms with Crippen LogP contribution in [0.3, 0.4) is 0 Å². The Labute approximate surface area is 126 Å². The van der Waals surface area contributed by atoms with E-state index in [2.05, 4.69) is 4.99 Å². The van der Waals surface area contributed by atoms with Crippen molar-refractivity contribution in [1.82, 2.24) is 9.80 Å². The van der Waals surface area contributed by atoms with Crippen LogP contribution in [0.4, 0.5) is 4.39 Å². The van der Waals surface area contributed by atoms with Gasteiger partial charge in [0.15, 0.2) is 5.96 Å². The van der Waals surface area contributed by atoms with Gasteiger partial charge in [0.2, 0.25) is 0 Å². The molecule has 0 bridgehead atoms. The van der Waals surface area contributed by atoms with Crippen LogP contribution in [-0.2, 0) is 6.54 Å². The molecule has 0 saturated carbocycles. The van der Waals surface area contributed by atoms with Crippen molar-refractivity contribution in [2.75, 3.05) is 28.2 Å². The molecule has 0 N–H and O–H groups in total. The van der Waals surface area contributed by atoms with Crippen molar-refractivity contribution in [3.63, 3.8) is 0 Å². The molecule has 0 aliphatic rings. The van der Waals surface area contributed by atoms with Gasteiger partial charge in [0.1, 0.15) is 5.82 Å². The third-order valence-corrected chi connectivity index (χ3v) is 2.44. The van der Waals surface area contributed by atoms with Crippen molar-refractivity contribution >= 4 is 29.9 Å². The number of benzene rings is 1. The molecule has 0 saturated heterocycles. The fourth-order valence-electron chi connectivity index (χ4n) is 1.58. The highest BCUT2D eigenvalue weighted by molar-refractivity contribution is 14.0. The van der Waals surface area contributed by atoms with Crippen LogP contribution in [0.2, 0.25) is 0 Å². The zero-order valence-electron chi connectivity index (χ0n) is 11.6. The van der Waals surface area contributed by atoms with Crippen LogP contribution in [0, 0.1) is 12.7 Å². The zero-order valence-corrected chi connectivity index (χ0v) is 13.9. The van der Waals surface area contributed by atoms with Crippen molar-refractivity contribution in [3.05, 3.63) is 35.1 Å². The molecule has 0 aliphatic carbocycles. The van der Waals surface area contributed by atoms with Gasteiger partial charge in [-0.15, -0.1) is 24.0 Å². The summed E-state index contributed by atoms with van der Waals surface area (Å²) >= 11 is 0. The van der Waals surface area contributed by atoms with Crippen LogP contribution in [-0.4, -0.2) is 44.0 Å². The minimum absolute atomic E-state index is 0. The Bertz CT molecular complexity index is 407. The number of rotatable bonds is 2. The van der Waals surface area contributed by atoms with Gasteiger partial charge < -0.3 is 9.80 Å². The van der Waals surface area contributed by atoms with Gasteiger partial charge in [-0.25, -0.2) is 9.38 Å². The number of halogens is 2. The van der Waals surface area contributed by atoms with E-state index in [-0.39, 0.29) is 29.8 Å². The summed E-state index contributed by atoms with van der Waals surface area (Å²) in [6, 6.07) is 5.23. The molecule has 3 nitrogen and oxygen atoms in total. The van der Waals surface area contributed by atoms with Crippen molar-refractivity contribution in [2.45, 2.75) is 13.5 Å². The molecule has 0 aliphatic heterocycles. The number of nitrogens with zero attached hydrogens (tertiary/aromatic N) is 3. The molecule has 0 aromatic heterocycles. The third-order valence-electron chi connectivity index (χ3n) is 2.44. The van der Waals surface area contributed by atoms with Crippen LogP contribution >= 0.6 is 24.0 Å². The first-order valence-corrected chi connectivity index (χ1v) is 5.56. The van der Waals surface area contributed by atoms with Gasteiger partial charge in [-0.2, -0.15) is 0 Å². The monoisotopic (exact) mass is 365 g/mol. The normalized spacial score (nSPS) is 9.44. The Kier molecular flexibility index (Phi) is 7.20. The van der Waals surface area contributed by atoms with Gasteiger partial charge in [0, 0.05) is 28.2 Å². The highest BCUT2D eigenvalue weighted by atomic mass is 127. The van der Waals surface area contributed by atoms with Gasteiger partial charge in [-0.3, -0.25) is 0 Å². The second-order valence-corrected chi connectivity index (χ2v) is 4.49.